The average molecular weight is 273 g/mol. The molecule has 1 aliphatic rings. The van der Waals surface area contributed by atoms with Crippen LogP contribution in [0.5, 0.6) is 0 Å². The molecule has 6 heteroatoms. The van der Waals surface area contributed by atoms with Crippen LogP contribution in [0.2, 0.25) is 0 Å². The number of hydrogen-bond acceptors (Lipinski definition) is 3. The van der Waals surface area contributed by atoms with E-state index in [2.05, 4.69) is 10.3 Å². The Morgan fingerprint density at radius 2 is 2.26 bits per heavy atom. The molecule has 106 valence electrons. The Labute approximate surface area is 110 Å². The summed E-state index contributed by atoms with van der Waals surface area (Å²) in [6.07, 6.45) is -0.864. The zero-order valence-electron chi connectivity index (χ0n) is 10.9. The lowest BCUT2D eigenvalue weighted by atomic mass is 10.2. The Morgan fingerprint density at radius 1 is 1.47 bits per heavy atom. The van der Waals surface area contributed by atoms with Crippen LogP contribution in [-0.4, -0.2) is 30.7 Å². The maximum absolute atomic E-state index is 13.0. The third-order valence-electron chi connectivity index (χ3n) is 3.38. The van der Waals surface area contributed by atoms with Crippen LogP contribution in [-0.2, 0) is 6.18 Å². The zero-order chi connectivity index (χ0) is 13.9. The summed E-state index contributed by atoms with van der Waals surface area (Å²) in [5.41, 5.74) is -0.658. The molecular formula is C13H18F3N3. The number of likely N-dealkylation sites (N-methyl/N-ethyl adjacent to an activating group) is 1. The Hall–Kier alpha value is -1.30. The number of halogens is 3. The van der Waals surface area contributed by atoms with Gasteiger partial charge in [0, 0.05) is 25.3 Å². The predicted molar refractivity (Wildman–Crippen MR) is 68.2 cm³/mol. The summed E-state index contributed by atoms with van der Waals surface area (Å²) in [6, 6.07) is 2.67. The van der Waals surface area contributed by atoms with Crippen molar-refractivity contribution >= 4 is 5.82 Å². The first-order chi connectivity index (χ1) is 9.02. The van der Waals surface area contributed by atoms with Crippen molar-refractivity contribution in [2.45, 2.75) is 32.0 Å². The first kappa shape index (κ1) is 14.1. The summed E-state index contributed by atoms with van der Waals surface area (Å²) in [5, 5.41) is 3.30. The van der Waals surface area contributed by atoms with Gasteiger partial charge in [-0.1, -0.05) is 0 Å². The maximum Gasteiger partial charge on any atom is 0.419 e. The van der Waals surface area contributed by atoms with E-state index in [4.69, 9.17) is 0 Å². The van der Waals surface area contributed by atoms with Gasteiger partial charge in [0.25, 0.3) is 0 Å². The van der Waals surface area contributed by atoms with Crippen molar-refractivity contribution in [2.24, 2.45) is 0 Å². The van der Waals surface area contributed by atoms with Crippen LogP contribution in [0.3, 0.4) is 0 Å². The van der Waals surface area contributed by atoms with Crippen molar-refractivity contribution in [2.75, 3.05) is 24.5 Å². The smallest absolute Gasteiger partial charge is 0.355 e. The number of rotatable bonds is 4. The number of hydrogen-bond donors (Lipinski definition) is 1. The van der Waals surface area contributed by atoms with Gasteiger partial charge in [-0.15, -0.1) is 0 Å². The van der Waals surface area contributed by atoms with Crippen LogP contribution in [0.25, 0.3) is 0 Å². The lowest BCUT2D eigenvalue weighted by Gasteiger charge is -2.27. The highest BCUT2D eigenvalue weighted by atomic mass is 19.4. The van der Waals surface area contributed by atoms with Gasteiger partial charge in [0.05, 0.1) is 5.56 Å². The van der Waals surface area contributed by atoms with E-state index in [-0.39, 0.29) is 11.9 Å². The van der Waals surface area contributed by atoms with Crippen LogP contribution in [0, 0.1) is 0 Å². The van der Waals surface area contributed by atoms with Crippen molar-refractivity contribution in [3.63, 3.8) is 0 Å². The third-order valence-corrected chi connectivity index (χ3v) is 3.38. The first-order valence-electron chi connectivity index (χ1n) is 6.53. The number of anilines is 1. The van der Waals surface area contributed by atoms with Crippen molar-refractivity contribution in [1.29, 1.82) is 0 Å². The summed E-state index contributed by atoms with van der Waals surface area (Å²) < 4.78 is 38.9. The quantitative estimate of drug-likeness (QED) is 0.914. The van der Waals surface area contributed by atoms with Gasteiger partial charge in [0.2, 0.25) is 0 Å². The van der Waals surface area contributed by atoms with Gasteiger partial charge >= 0.3 is 6.18 Å². The number of nitrogens with zero attached hydrogens (tertiary/aromatic N) is 2. The van der Waals surface area contributed by atoms with Crippen LogP contribution < -0.4 is 10.2 Å². The van der Waals surface area contributed by atoms with Crippen LogP contribution in [0.4, 0.5) is 19.0 Å². The fourth-order valence-corrected chi connectivity index (χ4v) is 2.41. The standard InChI is InChI=1S/C13H18F3N3/c1-2-19(9-10-5-3-7-17-10)12-11(13(14,15)16)6-4-8-18-12/h4,6,8,10,17H,2-3,5,7,9H2,1H3. The molecule has 2 rings (SSSR count). The summed E-state index contributed by atoms with van der Waals surface area (Å²) in [4.78, 5) is 5.64. The molecule has 0 amide bonds. The highest BCUT2D eigenvalue weighted by Gasteiger charge is 2.35. The molecule has 1 aromatic rings. The van der Waals surface area contributed by atoms with E-state index in [1.54, 1.807) is 4.90 Å². The first-order valence-corrected chi connectivity index (χ1v) is 6.53. The normalized spacial score (nSPS) is 19.7. The molecule has 1 atom stereocenters. The van der Waals surface area contributed by atoms with Gasteiger partial charge < -0.3 is 10.2 Å². The molecule has 1 fully saturated rings. The molecule has 1 saturated heterocycles. The highest BCUT2D eigenvalue weighted by Crippen LogP contribution is 2.35. The van der Waals surface area contributed by atoms with E-state index in [9.17, 15) is 13.2 Å². The topological polar surface area (TPSA) is 28.2 Å². The zero-order valence-corrected chi connectivity index (χ0v) is 10.9. The SMILES string of the molecule is CCN(CC1CCCN1)c1ncccc1C(F)(F)F. The number of pyridine rings is 1. The Bertz CT molecular complexity index is 414. The molecule has 1 aromatic heterocycles. The lowest BCUT2D eigenvalue weighted by molar-refractivity contribution is -0.137. The minimum Gasteiger partial charge on any atom is -0.355 e. The number of nitrogens with one attached hydrogen (secondary N) is 1. The Morgan fingerprint density at radius 3 is 2.84 bits per heavy atom. The molecule has 0 spiro atoms. The second-order valence-electron chi connectivity index (χ2n) is 4.70. The maximum atomic E-state index is 13.0. The molecule has 0 aromatic carbocycles. The molecule has 1 unspecified atom stereocenters. The molecule has 3 nitrogen and oxygen atoms in total. The van der Waals surface area contributed by atoms with Gasteiger partial charge in [0.15, 0.2) is 0 Å². The fraction of sp³-hybridized carbons (Fsp3) is 0.615. The van der Waals surface area contributed by atoms with Gasteiger partial charge in [-0.3, -0.25) is 0 Å². The molecule has 1 aliphatic heterocycles. The van der Waals surface area contributed by atoms with Gasteiger partial charge in [-0.25, -0.2) is 4.98 Å². The van der Waals surface area contributed by atoms with E-state index in [0.29, 0.717) is 13.1 Å². The van der Waals surface area contributed by atoms with E-state index in [1.807, 2.05) is 6.92 Å². The van der Waals surface area contributed by atoms with E-state index >= 15 is 0 Å². The van der Waals surface area contributed by atoms with Gasteiger partial charge in [-0.05, 0) is 38.4 Å². The van der Waals surface area contributed by atoms with E-state index in [1.165, 1.54) is 12.3 Å². The minimum atomic E-state index is -4.36. The van der Waals surface area contributed by atoms with Crippen LogP contribution >= 0.6 is 0 Å². The summed E-state index contributed by atoms with van der Waals surface area (Å²) in [6.45, 7) is 3.87. The second kappa shape index (κ2) is 5.77. The molecule has 19 heavy (non-hydrogen) atoms. The summed E-state index contributed by atoms with van der Waals surface area (Å²) >= 11 is 0. The molecule has 0 aliphatic carbocycles. The predicted octanol–water partition coefficient (Wildman–Crippen LogP) is 2.68. The molecule has 1 N–H and O–H groups in total. The molecule has 0 bridgehead atoms. The number of aromatic nitrogens is 1. The van der Waals surface area contributed by atoms with Gasteiger partial charge in [0.1, 0.15) is 5.82 Å². The summed E-state index contributed by atoms with van der Waals surface area (Å²) in [5.74, 6) is 0.0335. The monoisotopic (exact) mass is 273 g/mol. The molecule has 2 heterocycles. The number of alkyl halides is 3. The summed E-state index contributed by atoms with van der Waals surface area (Å²) in [7, 11) is 0. The fourth-order valence-electron chi connectivity index (χ4n) is 2.41. The average Bonchev–Trinajstić information content (AvgIpc) is 2.88. The molecule has 0 radical (unpaired) electrons. The molecular weight excluding hydrogens is 255 g/mol. The highest BCUT2D eigenvalue weighted by molar-refractivity contribution is 5.48. The second-order valence-corrected chi connectivity index (χ2v) is 4.70. The van der Waals surface area contributed by atoms with Crippen molar-refractivity contribution < 1.29 is 13.2 Å². The van der Waals surface area contributed by atoms with Crippen molar-refractivity contribution in [3.05, 3.63) is 23.9 Å². The Balaban J connectivity index is 2.22. The minimum absolute atomic E-state index is 0.0335. The van der Waals surface area contributed by atoms with E-state index in [0.717, 1.165) is 25.5 Å². The van der Waals surface area contributed by atoms with Gasteiger partial charge in [-0.2, -0.15) is 13.2 Å². The van der Waals surface area contributed by atoms with Crippen LogP contribution in [0.1, 0.15) is 25.3 Å². The van der Waals surface area contributed by atoms with E-state index < -0.39 is 11.7 Å². The third kappa shape index (κ3) is 3.37. The van der Waals surface area contributed by atoms with Crippen LogP contribution in [0.15, 0.2) is 18.3 Å². The Kier molecular flexibility index (Phi) is 4.29. The van der Waals surface area contributed by atoms with Crippen molar-refractivity contribution in [3.8, 4) is 0 Å². The molecule has 0 saturated carbocycles. The lowest BCUT2D eigenvalue weighted by Crippen LogP contribution is -2.38. The van der Waals surface area contributed by atoms with Crippen molar-refractivity contribution in [1.82, 2.24) is 10.3 Å². The largest absolute Gasteiger partial charge is 0.419 e.